The molecular formula is C18H21N3O3. The summed E-state index contributed by atoms with van der Waals surface area (Å²) < 4.78 is 12.4. The number of carbonyl (C=O) groups is 1. The molecule has 0 radical (unpaired) electrons. The van der Waals surface area contributed by atoms with Crippen LogP contribution in [0.4, 0.5) is 0 Å². The second-order valence-electron chi connectivity index (χ2n) is 5.42. The van der Waals surface area contributed by atoms with Gasteiger partial charge in [0.2, 0.25) is 5.91 Å². The number of rotatable bonds is 7. The number of nitriles is 1. The number of hydrogen-bond donors (Lipinski definition) is 1. The molecule has 1 aromatic carbocycles. The summed E-state index contributed by atoms with van der Waals surface area (Å²) in [6, 6.07) is 10.3. The Labute approximate surface area is 141 Å². The quantitative estimate of drug-likeness (QED) is 0.848. The van der Waals surface area contributed by atoms with Gasteiger partial charge in [0.15, 0.2) is 0 Å². The smallest absolute Gasteiger partial charge is 0.223 e. The van der Waals surface area contributed by atoms with E-state index in [1.165, 1.54) is 7.11 Å². The van der Waals surface area contributed by atoms with E-state index in [4.69, 9.17) is 9.47 Å². The number of methoxy groups -OCH3 is 2. The average molecular weight is 327 g/mol. The second kappa shape index (κ2) is 8.06. The summed E-state index contributed by atoms with van der Waals surface area (Å²) in [5, 5.41) is 12.2. The van der Waals surface area contributed by atoms with Crippen molar-refractivity contribution in [1.29, 1.82) is 5.26 Å². The highest BCUT2D eigenvalue weighted by Crippen LogP contribution is 2.29. The monoisotopic (exact) mass is 327 g/mol. The fourth-order valence-electron chi connectivity index (χ4n) is 2.47. The topological polar surface area (TPSA) is 76.3 Å². The molecule has 0 aliphatic heterocycles. The van der Waals surface area contributed by atoms with Gasteiger partial charge in [0.05, 0.1) is 20.3 Å². The Bertz CT molecular complexity index is 720. The van der Waals surface area contributed by atoms with Gasteiger partial charge >= 0.3 is 0 Å². The Morgan fingerprint density at radius 2 is 2.00 bits per heavy atom. The van der Waals surface area contributed by atoms with E-state index in [1.807, 2.05) is 36.0 Å². The molecule has 126 valence electrons. The van der Waals surface area contributed by atoms with Gasteiger partial charge in [-0.1, -0.05) is 0 Å². The molecule has 2 atom stereocenters. The normalized spacial score (nSPS) is 12.8. The van der Waals surface area contributed by atoms with Gasteiger partial charge in [-0.2, -0.15) is 5.26 Å². The van der Waals surface area contributed by atoms with E-state index in [1.54, 1.807) is 25.3 Å². The van der Waals surface area contributed by atoms with Crippen LogP contribution in [0.25, 0.3) is 0 Å². The summed E-state index contributed by atoms with van der Waals surface area (Å²) in [7, 11) is 3.07. The molecule has 1 aromatic heterocycles. The molecule has 0 saturated heterocycles. The van der Waals surface area contributed by atoms with Gasteiger partial charge in [-0.25, -0.2) is 0 Å². The molecule has 0 aliphatic carbocycles. The first-order valence-corrected chi connectivity index (χ1v) is 7.62. The lowest BCUT2D eigenvalue weighted by molar-refractivity contribution is -0.122. The molecule has 1 amide bonds. The molecule has 6 heteroatoms. The van der Waals surface area contributed by atoms with Crippen molar-refractivity contribution in [2.75, 3.05) is 14.2 Å². The van der Waals surface area contributed by atoms with Crippen molar-refractivity contribution in [3.05, 3.63) is 48.3 Å². The van der Waals surface area contributed by atoms with Crippen molar-refractivity contribution in [2.45, 2.75) is 25.4 Å². The molecule has 1 N–H and O–H groups in total. The lowest BCUT2D eigenvalue weighted by Crippen LogP contribution is -2.29. The molecule has 2 rings (SSSR count). The van der Waals surface area contributed by atoms with E-state index in [9.17, 15) is 10.1 Å². The highest BCUT2D eigenvalue weighted by atomic mass is 16.5. The summed E-state index contributed by atoms with van der Waals surface area (Å²) in [6.07, 6.45) is 4.10. The maximum absolute atomic E-state index is 12.3. The Morgan fingerprint density at radius 3 is 2.58 bits per heavy atom. The summed E-state index contributed by atoms with van der Waals surface area (Å²) >= 11 is 0. The predicted molar refractivity (Wildman–Crippen MR) is 89.8 cm³/mol. The molecule has 0 aliphatic rings. The minimum absolute atomic E-state index is 0.0112. The molecule has 1 heterocycles. The first kappa shape index (κ1) is 17.4. The number of nitrogens with zero attached hydrogens (tertiary/aromatic N) is 2. The van der Waals surface area contributed by atoms with Crippen LogP contribution in [0.5, 0.6) is 11.5 Å². The summed E-state index contributed by atoms with van der Waals surface area (Å²) in [5.41, 5.74) is 0.600. The molecule has 0 bridgehead atoms. The van der Waals surface area contributed by atoms with Crippen LogP contribution in [-0.4, -0.2) is 24.7 Å². The van der Waals surface area contributed by atoms with Crippen molar-refractivity contribution < 1.29 is 14.3 Å². The summed E-state index contributed by atoms with van der Waals surface area (Å²) in [5.74, 6) is 0.931. The van der Waals surface area contributed by atoms with Crippen LogP contribution in [0.1, 0.15) is 31.0 Å². The van der Waals surface area contributed by atoms with Gasteiger partial charge in [-0.15, -0.1) is 0 Å². The number of carbonyl (C=O) groups excluding carboxylic acids is 1. The van der Waals surface area contributed by atoms with E-state index in [0.29, 0.717) is 17.1 Å². The van der Waals surface area contributed by atoms with Crippen molar-refractivity contribution >= 4 is 5.91 Å². The Morgan fingerprint density at radius 1 is 1.29 bits per heavy atom. The van der Waals surface area contributed by atoms with Crippen molar-refractivity contribution in [3.8, 4) is 17.6 Å². The molecule has 0 fully saturated rings. The second-order valence-corrected chi connectivity index (χ2v) is 5.42. The van der Waals surface area contributed by atoms with Crippen LogP contribution in [0.3, 0.4) is 0 Å². The zero-order chi connectivity index (χ0) is 17.5. The van der Waals surface area contributed by atoms with Crippen LogP contribution in [0.2, 0.25) is 0 Å². The number of ether oxygens (including phenoxy) is 2. The van der Waals surface area contributed by atoms with Gasteiger partial charge in [-0.05, 0) is 31.2 Å². The summed E-state index contributed by atoms with van der Waals surface area (Å²) in [4.78, 5) is 12.3. The predicted octanol–water partition coefficient (Wildman–Crippen LogP) is 2.84. The number of amides is 1. The minimum Gasteiger partial charge on any atom is -0.497 e. The van der Waals surface area contributed by atoms with Gasteiger partial charge in [0, 0.05) is 36.5 Å². The molecule has 0 unspecified atom stereocenters. The van der Waals surface area contributed by atoms with Crippen molar-refractivity contribution in [1.82, 2.24) is 9.88 Å². The fraction of sp³-hybridized carbons (Fsp3) is 0.333. The van der Waals surface area contributed by atoms with Gasteiger partial charge in [0.25, 0.3) is 0 Å². The number of hydrogen-bond acceptors (Lipinski definition) is 4. The molecule has 0 saturated carbocycles. The van der Waals surface area contributed by atoms with E-state index in [-0.39, 0.29) is 18.4 Å². The number of aromatic nitrogens is 1. The third kappa shape index (κ3) is 4.07. The number of benzene rings is 1. The molecule has 24 heavy (non-hydrogen) atoms. The van der Waals surface area contributed by atoms with Crippen LogP contribution in [0, 0.1) is 11.3 Å². The van der Waals surface area contributed by atoms with Gasteiger partial charge in [0.1, 0.15) is 17.5 Å². The molecule has 0 spiro atoms. The first-order valence-electron chi connectivity index (χ1n) is 7.62. The summed E-state index contributed by atoms with van der Waals surface area (Å²) in [6.45, 7) is 1.95. The Kier molecular flexibility index (Phi) is 5.85. The highest BCUT2D eigenvalue weighted by Gasteiger charge is 2.20. The molecular weight excluding hydrogens is 306 g/mol. The Hall–Kier alpha value is -2.94. The van der Waals surface area contributed by atoms with Crippen molar-refractivity contribution in [3.63, 3.8) is 0 Å². The highest BCUT2D eigenvalue weighted by molar-refractivity contribution is 5.77. The van der Waals surface area contributed by atoms with E-state index in [2.05, 4.69) is 11.4 Å². The largest absolute Gasteiger partial charge is 0.497 e. The van der Waals surface area contributed by atoms with Crippen LogP contribution in [-0.2, 0) is 4.79 Å². The van der Waals surface area contributed by atoms with E-state index < -0.39 is 6.04 Å². The maximum Gasteiger partial charge on any atom is 0.223 e. The van der Waals surface area contributed by atoms with E-state index >= 15 is 0 Å². The average Bonchev–Trinajstić information content (AvgIpc) is 3.14. The SMILES string of the molecule is COc1ccc([C@H](C#N)NC(=O)C[C@H](C)n2cccc2)c(OC)c1. The molecule has 6 nitrogen and oxygen atoms in total. The standard InChI is InChI=1S/C18H21N3O3/c1-13(21-8-4-5-9-21)10-18(22)20-16(12-19)15-7-6-14(23-2)11-17(15)24-3/h4-9,11,13,16H,10H2,1-3H3,(H,20,22)/t13-,16-/m0/s1. The third-order valence-electron chi connectivity index (χ3n) is 3.80. The van der Waals surface area contributed by atoms with E-state index in [0.717, 1.165) is 0 Å². The van der Waals surface area contributed by atoms with Gasteiger partial charge in [-0.3, -0.25) is 4.79 Å². The van der Waals surface area contributed by atoms with Crippen LogP contribution in [0.15, 0.2) is 42.7 Å². The third-order valence-corrected chi connectivity index (χ3v) is 3.80. The van der Waals surface area contributed by atoms with Crippen molar-refractivity contribution in [2.24, 2.45) is 0 Å². The fourth-order valence-corrected chi connectivity index (χ4v) is 2.47. The lowest BCUT2D eigenvalue weighted by Gasteiger charge is -2.18. The minimum atomic E-state index is -0.782. The first-order chi connectivity index (χ1) is 11.6. The lowest BCUT2D eigenvalue weighted by atomic mass is 10.1. The zero-order valence-corrected chi connectivity index (χ0v) is 14.0. The van der Waals surface area contributed by atoms with Crippen LogP contribution >= 0.6 is 0 Å². The molecule has 2 aromatic rings. The Balaban J connectivity index is 2.09. The maximum atomic E-state index is 12.3. The number of nitrogens with one attached hydrogen (secondary N) is 1. The zero-order valence-electron chi connectivity index (χ0n) is 14.0. The van der Waals surface area contributed by atoms with Gasteiger partial charge < -0.3 is 19.4 Å². The van der Waals surface area contributed by atoms with Crippen LogP contribution < -0.4 is 14.8 Å².